The Labute approximate surface area is 142 Å². The SMILES string of the molecule is Cc1ccc(F)cc1NC(=O)C(C)N1CCC2(CC1)C(F)(F)C2(F)F. The molecule has 1 atom stereocenters. The molecule has 1 aromatic carbocycles. The Balaban J connectivity index is 1.62. The minimum Gasteiger partial charge on any atom is -0.324 e. The van der Waals surface area contributed by atoms with Crippen molar-refractivity contribution in [3.05, 3.63) is 29.6 Å². The summed E-state index contributed by atoms with van der Waals surface area (Å²) < 4.78 is 67.0. The molecule has 3 rings (SSSR count). The smallest absolute Gasteiger partial charge is 0.322 e. The van der Waals surface area contributed by atoms with E-state index in [0.29, 0.717) is 11.3 Å². The van der Waals surface area contributed by atoms with E-state index in [4.69, 9.17) is 0 Å². The molecule has 1 saturated carbocycles. The van der Waals surface area contributed by atoms with Gasteiger partial charge in [0.2, 0.25) is 5.91 Å². The summed E-state index contributed by atoms with van der Waals surface area (Å²) in [5.41, 5.74) is -1.26. The van der Waals surface area contributed by atoms with Gasteiger partial charge in [0.05, 0.1) is 6.04 Å². The maximum Gasteiger partial charge on any atom is 0.322 e. The average Bonchev–Trinajstić information content (AvgIpc) is 2.88. The van der Waals surface area contributed by atoms with Gasteiger partial charge < -0.3 is 5.32 Å². The molecule has 8 heteroatoms. The minimum absolute atomic E-state index is 0.0120. The fourth-order valence-electron chi connectivity index (χ4n) is 3.57. The lowest BCUT2D eigenvalue weighted by Gasteiger charge is -2.35. The van der Waals surface area contributed by atoms with Crippen molar-refractivity contribution in [1.29, 1.82) is 0 Å². The zero-order valence-electron chi connectivity index (χ0n) is 13.9. The lowest BCUT2D eigenvalue weighted by atomic mass is 9.91. The van der Waals surface area contributed by atoms with Crippen molar-refractivity contribution in [2.24, 2.45) is 5.41 Å². The third-order valence-corrected chi connectivity index (χ3v) is 5.57. The van der Waals surface area contributed by atoms with Crippen LogP contribution in [0.1, 0.15) is 25.3 Å². The molecule has 25 heavy (non-hydrogen) atoms. The molecule has 1 unspecified atom stereocenters. The van der Waals surface area contributed by atoms with E-state index >= 15 is 0 Å². The minimum atomic E-state index is -3.96. The van der Waals surface area contributed by atoms with E-state index in [1.807, 2.05) is 0 Å². The Hall–Kier alpha value is -1.70. The number of alkyl halides is 4. The molecular weight excluding hydrogens is 343 g/mol. The number of rotatable bonds is 3. The number of likely N-dealkylation sites (tertiary alicyclic amines) is 1. The third-order valence-electron chi connectivity index (χ3n) is 5.57. The number of nitrogens with zero attached hydrogens (tertiary/aromatic N) is 1. The number of amides is 1. The van der Waals surface area contributed by atoms with Gasteiger partial charge in [-0.3, -0.25) is 9.69 Å². The predicted octanol–water partition coefficient (Wildman–Crippen LogP) is 3.83. The Morgan fingerprint density at radius 3 is 2.24 bits per heavy atom. The second-order valence-corrected chi connectivity index (χ2v) is 6.89. The van der Waals surface area contributed by atoms with Gasteiger partial charge in [0, 0.05) is 5.69 Å². The van der Waals surface area contributed by atoms with E-state index in [0.717, 1.165) is 0 Å². The number of anilines is 1. The third kappa shape index (κ3) is 2.53. The van der Waals surface area contributed by atoms with Crippen molar-refractivity contribution in [1.82, 2.24) is 4.90 Å². The lowest BCUT2D eigenvalue weighted by molar-refractivity contribution is -0.121. The van der Waals surface area contributed by atoms with Crippen LogP contribution in [0.2, 0.25) is 0 Å². The summed E-state index contributed by atoms with van der Waals surface area (Å²) in [5, 5.41) is 2.60. The molecule has 1 aliphatic carbocycles. The van der Waals surface area contributed by atoms with E-state index in [2.05, 4.69) is 5.32 Å². The second kappa shape index (κ2) is 5.65. The highest BCUT2D eigenvalue weighted by atomic mass is 19.3. The van der Waals surface area contributed by atoms with E-state index < -0.39 is 35.0 Å². The Morgan fingerprint density at radius 2 is 1.72 bits per heavy atom. The first-order chi connectivity index (χ1) is 11.5. The van der Waals surface area contributed by atoms with Crippen LogP contribution in [-0.4, -0.2) is 41.8 Å². The van der Waals surface area contributed by atoms with E-state index in [1.54, 1.807) is 18.7 Å². The lowest BCUT2D eigenvalue weighted by Crippen LogP contribution is -2.47. The van der Waals surface area contributed by atoms with Crippen LogP contribution in [0.15, 0.2) is 18.2 Å². The average molecular weight is 362 g/mol. The fourth-order valence-corrected chi connectivity index (χ4v) is 3.57. The van der Waals surface area contributed by atoms with Crippen LogP contribution < -0.4 is 5.32 Å². The zero-order chi connectivity index (χ0) is 18.6. The molecule has 1 saturated heterocycles. The number of piperidine rings is 1. The first kappa shape index (κ1) is 18.1. The maximum atomic E-state index is 13.4. The maximum absolute atomic E-state index is 13.4. The highest BCUT2D eigenvalue weighted by Gasteiger charge is 2.95. The van der Waals surface area contributed by atoms with E-state index in [9.17, 15) is 26.7 Å². The summed E-state index contributed by atoms with van der Waals surface area (Å²) in [6.45, 7) is 3.26. The van der Waals surface area contributed by atoms with Crippen molar-refractivity contribution in [3.8, 4) is 0 Å². The van der Waals surface area contributed by atoms with Gasteiger partial charge >= 0.3 is 11.8 Å². The van der Waals surface area contributed by atoms with Crippen LogP contribution in [0.25, 0.3) is 0 Å². The molecule has 0 bridgehead atoms. The molecule has 1 heterocycles. The Morgan fingerprint density at radius 1 is 1.16 bits per heavy atom. The van der Waals surface area contributed by atoms with Gasteiger partial charge in [0.1, 0.15) is 11.2 Å². The summed E-state index contributed by atoms with van der Waals surface area (Å²) in [6.07, 6.45) is -0.715. The topological polar surface area (TPSA) is 32.3 Å². The van der Waals surface area contributed by atoms with Gasteiger partial charge in [-0.25, -0.2) is 4.39 Å². The zero-order valence-corrected chi connectivity index (χ0v) is 13.9. The van der Waals surface area contributed by atoms with Gasteiger partial charge in [-0.15, -0.1) is 0 Å². The summed E-state index contributed by atoms with van der Waals surface area (Å²) >= 11 is 0. The first-order valence-corrected chi connectivity index (χ1v) is 8.10. The van der Waals surface area contributed by atoms with Gasteiger partial charge in [0.15, 0.2) is 0 Å². The summed E-state index contributed by atoms with van der Waals surface area (Å²) in [5.74, 6) is -8.85. The highest BCUT2D eigenvalue weighted by molar-refractivity contribution is 5.95. The molecule has 1 N–H and O–H groups in total. The molecule has 0 aromatic heterocycles. The van der Waals surface area contributed by atoms with Crippen LogP contribution in [0.4, 0.5) is 27.6 Å². The van der Waals surface area contributed by atoms with Crippen molar-refractivity contribution in [3.63, 3.8) is 0 Å². The largest absolute Gasteiger partial charge is 0.324 e. The van der Waals surface area contributed by atoms with E-state index in [-0.39, 0.29) is 25.9 Å². The highest BCUT2D eigenvalue weighted by Crippen LogP contribution is 2.76. The number of hydrogen-bond donors (Lipinski definition) is 1. The molecule has 3 nitrogen and oxygen atoms in total. The Kier molecular flexibility index (Phi) is 4.09. The molecule has 1 amide bonds. The molecule has 1 aromatic rings. The van der Waals surface area contributed by atoms with Crippen LogP contribution in [-0.2, 0) is 4.79 Å². The molecule has 2 fully saturated rings. The monoisotopic (exact) mass is 362 g/mol. The number of benzene rings is 1. The van der Waals surface area contributed by atoms with E-state index in [1.165, 1.54) is 18.2 Å². The number of carbonyl (C=O) groups is 1. The Bertz CT molecular complexity index is 682. The quantitative estimate of drug-likeness (QED) is 0.829. The van der Waals surface area contributed by atoms with Crippen LogP contribution >= 0.6 is 0 Å². The van der Waals surface area contributed by atoms with Crippen molar-refractivity contribution >= 4 is 11.6 Å². The number of aryl methyl sites for hydroxylation is 1. The summed E-state index contributed by atoms with van der Waals surface area (Å²) in [7, 11) is 0. The normalized spacial score (nSPS) is 24.8. The van der Waals surface area contributed by atoms with Crippen molar-refractivity contribution < 1.29 is 26.7 Å². The second-order valence-electron chi connectivity index (χ2n) is 6.89. The fraction of sp³-hybridized carbons (Fsp3) is 0.588. The standard InChI is InChI=1S/C17H19F5N2O/c1-10-3-4-12(18)9-13(10)23-14(25)11(2)24-7-5-15(6-8-24)16(19,20)17(15,21)22/h3-4,9,11H,5-8H2,1-2H3,(H,23,25). The predicted molar refractivity (Wildman–Crippen MR) is 82.4 cm³/mol. The molecule has 1 aliphatic heterocycles. The van der Waals surface area contributed by atoms with Crippen LogP contribution in [0, 0.1) is 18.2 Å². The van der Waals surface area contributed by atoms with Crippen LogP contribution in [0.5, 0.6) is 0 Å². The summed E-state index contributed by atoms with van der Waals surface area (Å²) in [6, 6.07) is 3.30. The van der Waals surface area contributed by atoms with Crippen molar-refractivity contribution in [2.75, 3.05) is 18.4 Å². The molecule has 138 valence electrons. The van der Waals surface area contributed by atoms with Crippen LogP contribution in [0.3, 0.4) is 0 Å². The van der Waals surface area contributed by atoms with Gasteiger partial charge in [0.25, 0.3) is 0 Å². The number of hydrogen-bond acceptors (Lipinski definition) is 2. The van der Waals surface area contributed by atoms with Gasteiger partial charge in [-0.05, 0) is 57.5 Å². The first-order valence-electron chi connectivity index (χ1n) is 8.10. The number of nitrogens with one attached hydrogen (secondary N) is 1. The number of halogens is 5. The van der Waals surface area contributed by atoms with Gasteiger partial charge in [-0.1, -0.05) is 6.07 Å². The molecule has 1 spiro atoms. The molecule has 2 aliphatic rings. The summed E-state index contributed by atoms with van der Waals surface area (Å²) in [4.78, 5) is 13.9. The molecular formula is C17H19F5N2O. The van der Waals surface area contributed by atoms with Crippen molar-refractivity contribution in [2.45, 2.75) is 44.6 Å². The molecule has 0 radical (unpaired) electrons. The number of carbonyl (C=O) groups excluding carboxylic acids is 1. The van der Waals surface area contributed by atoms with Gasteiger partial charge in [-0.2, -0.15) is 17.6 Å².